The third kappa shape index (κ3) is 3.77. The van der Waals surface area contributed by atoms with E-state index in [2.05, 4.69) is 5.32 Å². The number of rotatable bonds is 2. The smallest absolute Gasteiger partial charge is 0.241 e. The van der Waals surface area contributed by atoms with Gasteiger partial charge < -0.3 is 16.8 Å². The van der Waals surface area contributed by atoms with E-state index in [1.807, 2.05) is 13.0 Å². The highest BCUT2D eigenvalue weighted by molar-refractivity contribution is 5.95. The second kappa shape index (κ2) is 5.58. The Balaban J connectivity index is 0.00000196. The van der Waals surface area contributed by atoms with Crippen LogP contribution in [0.25, 0.3) is 0 Å². The Morgan fingerprint density at radius 2 is 2.07 bits per heavy atom. The zero-order valence-corrected chi connectivity index (χ0v) is 9.60. The lowest BCUT2D eigenvalue weighted by atomic mass is 10.1. The fraction of sp³-hybridized carbons (Fsp3) is 0.300. The monoisotopic (exact) mass is 229 g/mol. The molecule has 0 saturated carbocycles. The average molecular weight is 230 g/mol. The maximum Gasteiger partial charge on any atom is 0.241 e. The van der Waals surface area contributed by atoms with Gasteiger partial charge in [0.1, 0.15) is 0 Å². The molecule has 5 N–H and O–H groups in total. The van der Waals surface area contributed by atoms with Gasteiger partial charge in [-0.1, -0.05) is 6.07 Å². The predicted octanol–water partition coefficient (Wildman–Crippen LogP) is 1.28. The topological polar surface area (TPSA) is 81.1 Å². The molecule has 0 heterocycles. The number of carbonyl (C=O) groups excluding carboxylic acids is 1. The number of amides is 1. The number of benzene rings is 1. The fourth-order valence-electron chi connectivity index (χ4n) is 1.02. The Bertz CT molecular complexity index is 353. The van der Waals surface area contributed by atoms with Gasteiger partial charge in [-0.2, -0.15) is 0 Å². The average Bonchev–Trinajstić information content (AvgIpc) is 2.11. The molecule has 0 radical (unpaired) electrons. The molecule has 1 amide bonds. The Labute approximate surface area is 95.4 Å². The highest BCUT2D eigenvalue weighted by Gasteiger charge is 2.08. The van der Waals surface area contributed by atoms with Crippen LogP contribution < -0.4 is 16.8 Å². The molecular weight excluding hydrogens is 214 g/mol. The molecule has 0 bridgehead atoms. The normalized spacial score (nSPS) is 11.4. The van der Waals surface area contributed by atoms with E-state index in [-0.39, 0.29) is 18.3 Å². The van der Waals surface area contributed by atoms with Crippen LogP contribution in [0.5, 0.6) is 0 Å². The van der Waals surface area contributed by atoms with Gasteiger partial charge >= 0.3 is 0 Å². The minimum atomic E-state index is -0.518. The molecule has 15 heavy (non-hydrogen) atoms. The SMILES string of the molecule is Cc1ccc(N)cc1NC(=O)[C@@H](C)N.Cl. The number of aryl methyl sites for hydroxylation is 1. The van der Waals surface area contributed by atoms with Gasteiger partial charge in [-0.3, -0.25) is 4.79 Å². The van der Waals surface area contributed by atoms with Crippen molar-refractivity contribution in [3.8, 4) is 0 Å². The van der Waals surface area contributed by atoms with Crippen LogP contribution in [0.4, 0.5) is 11.4 Å². The van der Waals surface area contributed by atoms with Gasteiger partial charge in [0, 0.05) is 11.4 Å². The summed E-state index contributed by atoms with van der Waals surface area (Å²) >= 11 is 0. The quantitative estimate of drug-likeness (QED) is 0.669. The van der Waals surface area contributed by atoms with Gasteiger partial charge in [-0.25, -0.2) is 0 Å². The molecule has 0 unspecified atom stereocenters. The van der Waals surface area contributed by atoms with Crippen molar-refractivity contribution in [2.75, 3.05) is 11.1 Å². The standard InChI is InChI=1S/C10H15N3O.ClH/c1-6-3-4-8(12)5-9(6)13-10(14)7(2)11;/h3-5,7H,11-12H2,1-2H3,(H,13,14);1H/t7-;/m1./s1. The number of hydrogen-bond donors (Lipinski definition) is 3. The summed E-state index contributed by atoms with van der Waals surface area (Å²) in [6, 6.07) is 4.84. The van der Waals surface area contributed by atoms with Gasteiger partial charge in [0.15, 0.2) is 0 Å². The highest BCUT2D eigenvalue weighted by Crippen LogP contribution is 2.17. The minimum Gasteiger partial charge on any atom is -0.399 e. The Kier molecular flexibility index (Phi) is 5.11. The van der Waals surface area contributed by atoms with Gasteiger partial charge in [0.25, 0.3) is 0 Å². The number of halogens is 1. The fourth-order valence-corrected chi connectivity index (χ4v) is 1.02. The molecule has 0 aliphatic heterocycles. The highest BCUT2D eigenvalue weighted by atomic mass is 35.5. The molecule has 1 atom stereocenters. The second-order valence-electron chi connectivity index (χ2n) is 3.35. The molecular formula is C10H16ClN3O. The van der Waals surface area contributed by atoms with Crippen LogP contribution in [0.2, 0.25) is 0 Å². The maximum atomic E-state index is 11.3. The number of carbonyl (C=O) groups is 1. The molecule has 1 aromatic carbocycles. The van der Waals surface area contributed by atoms with Crippen LogP contribution in [-0.4, -0.2) is 11.9 Å². The minimum absolute atomic E-state index is 0. The van der Waals surface area contributed by atoms with Crippen molar-refractivity contribution < 1.29 is 4.79 Å². The third-order valence-electron chi connectivity index (χ3n) is 1.93. The van der Waals surface area contributed by atoms with Crippen molar-refractivity contribution in [3.63, 3.8) is 0 Å². The van der Waals surface area contributed by atoms with Crippen LogP contribution in [0, 0.1) is 6.92 Å². The molecule has 0 fully saturated rings. The summed E-state index contributed by atoms with van der Waals surface area (Å²) in [5.41, 5.74) is 13.3. The third-order valence-corrected chi connectivity index (χ3v) is 1.93. The van der Waals surface area contributed by atoms with Crippen LogP contribution in [0.1, 0.15) is 12.5 Å². The Morgan fingerprint density at radius 3 is 2.60 bits per heavy atom. The number of hydrogen-bond acceptors (Lipinski definition) is 3. The summed E-state index contributed by atoms with van der Waals surface area (Å²) in [6.45, 7) is 3.53. The molecule has 0 saturated heterocycles. The van der Waals surface area contributed by atoms with Crippen molar-refractivity contribution >= 4 is 29.7 Å². The summed E-state index contributed by atoms with van der Waals surface area (Å²) < 4.78 is 0. The summed E-state index contributed by atoms with van der Waals surface area (Å²) in [5, 5.41) is 2.71. The van der Waals surface area contributed by atoms with Crippen LogP contribution in [0.3, 0.4) is 0 Å². The summed E-state index contributed by atoms with van der Waals surface area (Å²) in [6.07, 6.45) is 0. The van der Waals surface area contributed by atoms with Crippen molar-refractivity contribution in [2.45, 2.75) is 19.9 Å². The van der Waals surface area contributed by atoms with Gasteiger partial charge in [-0.05, 0) is 31.5 Å². The predicted molar refractivity (Wildman–Crippen MR) is 65.1 cm³/mol. The van der Waals surface area contributed by atoms with E-state index in [4.69, 9.17) is 11.5 Å². The van der Waals surface area contributed by atoms with E-state index >= 15 is 0 Å². The van der Waals surface area contributed by atoms with Crippen molar-refractivity contribution in [1.29, 1.82) is 0 Å². The first-order chi connectivity index (χ1) is 6.50. The molecule has 0 aromatic heterocycles. The second-order valence-corrected chi connectivity index (χ2v) is 3.35. The lowest BCUT2D eigenvalue weighted by molar-refractivity contribution is -0.117. The van der Waals surface area contributed by atoms with Gasteiger partial charge in [0.2, 0.25) is 5.91 Å². The first-order valence-corrected chi connectivity index (χ1v) is 4.43. The van der Waals surface area contributed by atoms with Crippen LogP contribution in [-0.2, 0) is 4.79 Å². The molecule has 4 nitrogen and oxygen atoms in total. The molecule has 1 rings (SSSR count). The Morgan fingerprint density at radius 1 is 1.47 bits per heavy atom. The summed E-state index contributed by atoms with van der Waals surface area (Å²) in [7, 11) is 0. The molecule has 0 spiro atoms. The first kappa shape index (κ1) is 13.7. The summed E-state index contributed by atoms with van der Waals surface area (Å²) in [4.78, 5) is 11.3. The Hall–Kier alpha value is -1.26. The lowest BCUT2D eigenvalue weighted by Crippen LogP contribution is -2.32. The first-order valence-electron chi connectivity index (χ1n) is 4.43. The lowest BCUT2D eigenvalue weighted by Gasteiger charge is -2.10. The van der Waals surface area contributed by atoms with E-state index in [9.17, 15) is 4.79 Å². The number of anilines is 2. The largest absolute Gasteiger partial charge is 0.399 e. The van der Waals surface area contributed by atoms with E-state index in [0.717, 1.165) is 5.56 Å². The van der Waals surface area contributed by atoms with Crippen molar-refractivity contribution in [2.24, 2.45) is 5.73 Å². The maximum absolute atomic E-state index is 11.3. The molecule has 5 heteroatoms. The number of nitrogens with two attached hydrogens (primary N) is 2. The van der Waals surface area contributed by atoms with E-state index in [1.165, 1.54) is 0 Å². The van der Waals surface area contributed by atoms with Crippen molar-refractivity contribution in [1.82, 2.24) is 0 Å². The molecule has 0 aliphatic carbocycles. The van der Waals surface area contributed by atoms with Crippen LogP contribution in [0.15, 0.2) is 18.2 Å². The zero-order valence-electron chi connectivity index (χ0n) is 8.78. The van der Waals surface area contributed by atoms with E-state index in [0.29, 0.717) is 11.4 Å². The van der Waals surface area contributed by atoms with Crippen LogP contribution >= 0.6 is 12.4 Å². The van der Waals surface area contributed by atoms with E-state index < -0.39 is 6.04 Å². The zero-order chi connectivity index (χ0) is 10.7. The van der Waals surface area contributed by atoms with Gasteiger partial charge in [-0.15, -0.1) is 12.4 Å². The molecule has 84 valence electrons. The van der Waals surface area contributed by atoms with E-state index in [1.54, 1.807) is 19.1 Å². The number of nitrogens with one attached hydrogen (secondary N) is 1. The molecule has 0 aliphatic rings. The summed E-state index contributed by atoms with van der Waals surface area (Å²) in [5.74, 6) is -0.210. The molecule has 1 aromatic rings. The van der Waals surface area contributed by atoms with Gasteiger partial charge in [0.05, 0.1) is 6.04 Å². The number of nitrogen functional groups attached to an aromatic ring is 1. The van der Waals surface area contributed by atoms with Crippen molar-refractivity contribution in [3.05, 3.63) is 23.8 Å².